The first-order valence-electron chi connectivity index (χ1n) is 4.74. The van der Waals surface area contributed by atoms with Crippen LogP contribution in [0.3, 0.4) is 0 Å². The maximum absolute atomic E-state index is 10.8. The second kappa shape index (κ2) is 4.24. The van der Waals surface area contributed by atoms with Crippen molar-refractivity contribution in [2.75, 3.05) is 12.9 Å². The van der Waals surface area contributed by atoms with Gasteiger partial charge in [-0.1, -0.05) is 23.7 Å². The van der Waals surface area contributed by atoms with Crippen molar-refractivity contribution in [2.45, 2.75) is 12.5 Å². The van der Waals surface area contributed by atoms with E-state index in [4.69, 9.17) is 16.3 Å². The summed E-state index contributed by atoms with van der Waals surface area (Å²) >= 11 is 5.94. The molecule has 1 aromatic carbocycles. The lowest BCUT2D eigenvalue weighted by molar-refractivity contribution is 0.153. The van der Waals surface area contributed by atoms with Crippen LogP contribution in [-0.4, -0.2) is 27.4 Å². The molecule has 0 spiro atoms. The Hall–Kier alpha value is -0.780. The summed E-state index contributed by atoms with van der Waals surface area (Å²) in [6.07, 6.45) is 1.35. The molecule has 0 aromatic heterocycles. The molecule has 1 aliphatic rings. The molecule has 0 amide bonds. The average molecular weight is 263 g/mol. The summed E-state index contributed by atoms with van der Waals surface area (Å²) in [7, 11) is -3.42. The maximum atomic E-state index is 10.8. The van der Waals surface area contributed by atoms with E-state index in [9.17, 15) is 8.42 Å². The molecule has 0 N–H and O–H groups in total. The molecule has 0 aliphatic carbocycles. The Morgan fingerprint density at radius 3 is 2.94 bits per heavy atom. The Morgan fingerprint density at radius 2 is 2.31 bits per heavy atom. The van der Waals surface area contributed by atoms with E-state index in [1.54, 1.807) is 6.07 Å². The molecule has 0 radical (unpaired) electrons. The summed E-state index contributed by atoms with van der Waals surface area (Å²) in [6.45, 7) is 0.0177. The Labute approximate surface area is 99.3 Å². The van der Waals surface area contributed by atoms with Crippen LogP contribution in [0.5, 0.6) is 5.75 Å². The number of halogens is 1. The number of ether oxygens (including phenoxy) is 1. The highest BCUT2D eigenvalue weighted by molar-refractivity contribution is 7.85. The molecule has 1 unspecified atom stereocenters. The van der Waals surface area contributed by atoms with Crippen LogP contribution < -0.4 is 4.74 Å². The fraction of sp³-hybridized carbons (Fsp3) is 0.400. The minimum atomic E-state index is -3.42. The second-order valence-electron chi connectivity index (χ2n) is 3.66. The summed E-state index contributed by atoms with van der Waals surface area (Å²) in [5.41, 5.74) is 0.981. The van der Waals surface area contributed by atoms with Crippen LogP contribution in [0.25, 0.3) is 0 Å². The molecule has 0 saturated carbocycles. The van der Waals surface area contributed by atoms with Crippen molar-refractivity contribution in [3.63, 3.8) is 0 Å². The van der Waals surface area contributed by atoms with Crippen LogP contribution in [-0.2, 0) is 20.7 Å². The van der Waals surface area contributed by atoms with Crippen LogP contribution >= 0.6 is 11.6 Å². The van der Waals surface area contributed by atoms with Crippen LogP contribution in [0.15, 0.2) is 18.2 Å². The molecule has 1 heterocycles. The number of hydrogen-bond donors (Lipinski definition) is 0. The Morgan fingerprint density at radius 1 is 1.56 bits per heavy atom. The van der Waals surface area contributed by atoms with Crippen LogP contribution in [0.1, 0.15) is 5.56 Å². The molecule has 6 heteroatoms. The number of rotatable bonds is 3. The fourth-order valence-electron chi connectivity index (χ4n) is 1.59. The van der Waals surface area contributed by atoms with E-state index in [1.807, 2.05) is 12.1 Å². The minimum absolute atomic E-state index is 0.0177. The van der Waals surface area contributed by atoms with Gasteiger partial charge in [-0.3, -0.25) is 4.18 Å². The zero-order valence-corrected chi connectivity index (χ0v) is 10.2. The topological polar surface area (TPSA) is 52.6 Å². The first-order chi connectivity index (χ1) is 7.46. The predicted molar refractivity (Wildman–Crippen MR) is 60.4 cm³/mol. The van der Waals surface area contributed by atoms with E-state index in [-0.39, 0.29) is 12.7 Å². The van der Waals surface area contributed by atoms with Gasteiger partial charge >= 0.3 is 0 Å². The van der Waals surface area contributed by atoms with Crippen molar-refractivity contribution in [3.05, 3.63) is 28.8 Å². The second-order valence-corrected chi connectivity index (χ2v) is 5.71. The smallest absolute Gasteiger partial charge is 0.264 e. The highest BCUT2D eigenvalue weighted by atomic mass is 35.5. The molecule has 16 heavy (non-hydrogen) atoms. The number of para-hydroxylation sites is 1. The molecule has 1 aliphatic heterocycles. The van der Waals surface area contributed by atoms with Crippen molar-refractivity contribution >= 4 is 21.7 Å². The third-order valence-electron chi connectivity index (χ3n) is 2.25. The molecular formula is C10H11ClO4S. The Bertz CT molecular complexity index is 498. The van der Waals surface area contributed by atoms with Gasteiger partial charge in [-0.15, -0.1) is 0 Å². The minimum Gasteiger partial charge on any atom is -0.486 e. The zero-order valence-electron chi connectivity index (χ0n) is 8.64. The first-order valence-corrected chi connectivity index (χ1v) is 6.93. The van der Waals surface area contributed by atoms with Gasteiger partial charge in [0.15, 0.2) is 0 Å². The van der Waals surface area contributed by atoms with Crippen molar-refractivity contribution < 1.29 is 17.3 Å². The van der Waals surface area contributed by atoms with E-state index >= 15 is 0 Å². The lowest BCUT2D eigenvalue weighted by Gasteiger charge is -2.09. The van der Waals surface area contributed by atoms with Gasteiger partial charge in [0.1, 0.15) is 18.5 Å². The maximum Gasteiger partial charge on any atom is 0.264 e. The van der Waals surface area contributed by atoms with Crippen LogP contribution in [0.2, 0.25) is 5.02 Å². The van der Waals surface area contributed by atoms with Crippen molar-refractivity contribution in [1.29, 1.82) is 0 Å². The molecular weight excluding hydrogens is 252 g/mol. The summed E-state index contributed by atoms with van der Waals surface area (Å²) in [5.74, 6) is 0.631. The number of benzene rings is 1. The third kappa shape index (κ3) is 2.66. The van der Waals surface area contributed by atoms with Gasteiger partial charge in [-0.25, -0.2) is 0 Å². The van der Waals surface area contributed by atoms with Crippen molar-refractivity contribution in [3.8, 4) is 5.75 Å². The molecule has 1 aromatic rings. The van der Waals surface area contributed by atoms with E-state index in [0.717, 1.165) is 11.8 Å². The Kier molecular flexibility index (Phi) is 3.10. The zero-order chi connectivity index (χ0) is 11.8. The van der Waals surface area contributed by atoms with Crippen LogP contribution in [0.4, 0.5) is 0 Å². The molecule has 88 valence electrons. The molecule has 0 saturated heterocycles. The Balaban J connectivity index is 2.04. The highest BCUT2D eigenvalue weighted by Gasteiger charge is 2.25. The molecule has 4 nitrogen and oxygen atoms in total. The molecule has 2 rings (SSSR count). The van der Waals surface area contributed by atoms with Gasteiger partial charge in [0.05, 0.1) is 11.3 Å². The fourth-order valence-corrected chi connectivity index (χ4v) is 2.23. The molecule has 0 bridgehead atoms. The van der Waals surface area contributed by atoms with Gasteiger partial charge in [0.2, 0.25) is 0 Å². The van der Waals surface area contributed by atoms with E-state index in [2.05, 4.69) is 4.18 Å². The lowest BCUT2D eigenvalue weighted by Crippen LogP contribution is -2.22. The summed E-state index contributed by atoms with van der Waals surface area (Å²) in [4.78, 5) is 0. The van der Waals surface area contributed by atoms with Crippen molar-refractivity contribution in [2.24, 2.45) is 0 Å². The summed E-state index contributed by atoms with van der Waals surface area (Å²) < 4.78 is 31.8. The number of fused-ring (bicyclic) bond motifs is 1. The predicted octanol–water partition coefficient (Wildman–Crippen LogP) is 1.62. The average Bonchev–Trinajstić information content (AvgIpc) is 2.58. The van der Waals surface area contributed by atoms with E-state index in [0.29, 0.717) is 17.2 Å². The third-order valence-corrected chi connectivity index (χ3v) is 3.11. The van der Waals surface area contributed by atoms with Crippen molar-refractivity contribution in [1.82, 2.24) is 0 Å². The summed E-state index contributed by atoms with van der Waals surface area (Å²) in [5, 5.41) is 0.541. The van der Waals surface area contributed by atoms with Gasteiger partial charge in [0, 0.05) is 6.42 Å². The first kappa shape index (κ1) is 11.7. The number of hydrogen-bond acceptors (Lipinski definition) is 4. The lowest BCUT2D eigenvalue weighted by atomic mass is 10.1. The summed E-state index contributed by atoms with van der Waals surface area (Å²) in [6, 6.07) is 5.48. The SMILES string of the molecule is CS(=O)(=O)OCC1Cc2cccc(Cl)c2O1. The quantitative estimate of drug-likeness (QED) is 0.777. The van der Waals surface area contributed by atoms with Gasteiger partial charge < -0.3 is 4.74 Å². The van der Waals surface area contributed by atoms with Crippen LogP contribution in [0, 0.1) is 0 Å². The molecule has 1 atom stereocenters. The largest absolute Gasteiger partial charge is 0.486 e. The molecule has 0 fully saturated rings. The standard InChI is InChI=1S/C10H11ClO4S/c1-16(12,13)14-6-8-5-7-3-2-4-9(11)10(7)15-8/h2-4,8H,5-6H2,1H3. The van der Waals surface area contributed by atoms with Gasteiger partial charge in [0.25, 0.3) is 10.1 Å². The monoisotopic (exact) mass is 262 g/mol. The highest BCUT2D eigenvalue weighted by Crippen LogP contribution is 2.35. The van der Waals surface area contributed by atoms with Gasteiger partial charge in [-0.05, 0) is 11.6 Å². The van der Waals surface area contributed by atoms with E-state index in [1.165, 1.54) is 0 Å². The van der Waals surface area contributed by atoms with E-state index < -0.39 is 10.1 Å². The van der Waals surface area contributed by atoms with Gasteiger partial charge in [-0.2, -0.15) is 8.42 Å². The normalized spacial score (nSPS) is 19.2.